The summed E-state index contributed by atoms with van der Waals surface area (Å²) in [5.41, 5.74) is 1.64. The van der Waals surface area contributed by atoms with Crippen LogP contribution < -0.4 is 4.90 Å². The van der Waals surface area contributed by atoms with Gasteiger partial charge in [-0.05, 0) is 37.1 Å². The lowest BCUT2D eigenvalue weighted by Gasteiger charge is -2.19. The van der Waals surface area contributed by atoms with Crippen LogP contribution in [-0.4, -0.2) is 13.6 Å². The van der Waals surface area contributed by atoms with Crippen molar-refractivity contribution in [2.75, 3.05) is 18.5 Å². The third-order valence-corrected chi connectivity index (χ3v) is 2.36. The van der Waals surface area contributed by atoms with Crippen LogP contribution >= 0.6 is 0 Å². The third-order valence-electron chi connectivity index (χ3n) is 2.36. The fraction of sp³-hybridized carbons (Fsp3) is 0.417. The largest absolute Gasteiger partial charge is 0.375 e. The number of anilines is 1. The van der Waals surface area contributed by atoms with E-state index >= 15 is 0 Å². The summed E-state index contributed by atoms with van der Waals surface area (Å²) in [5.74, 6) is -0.177. The summed E-state index contributed by atoms with van der Waals surface area (Å²) in [6, 6.07) is 7.17. The number of nitrogens with zero attached hydrogens (tertiary/aromatic N) is 2. The van der Waals surface area contributed by atoms with Crippen LogP contribution in [0, 0.1) is 24.1 Å². The Hall–Kier alpha value is -1.56. The predicted octanol–water partition coefficient (Wildman–Crippen LogP) is 2.87. The van der Waals surface area contributed by atoms with Gasteiger partial charge in [0.15, 0.2) is 0 Å². The quantitative estimate of drug-likeness (QED) is 0.708. The molecule has 0 atom stereocenters. The molecular weight excluding hydrogens is 191 g/mol. The molecule has 0 bridgehead atoms. The van der Waals surface area contributed by atoms with Crippen molar-refractivity contribution in [2.45, 2.75) is 19.8 Å². The fourth-order valence-electron chi connectivity index (χ4n) is 1.39. The molecule has 0 radical (unpaired) electrons. The maximum absolute atomic E-state index is 13.0. The summed E-state index contributed by atoms with van der Waals surface area (Å²) >= 11 is 0. The summed E-state index contributed by atoms with van der Waals surface area (Å²) in [7, 11) is 1.95. The zero-order valence-electron chi connectivity index (χ0n) is 9.13. The molecule has 15 heavy (non-hydrogen) atoms. The minimum Gasteiger partial charge on any atom is -0.375 e. The van der Waals surface area contributed by atoms with E-state index in [1.54, 1.807) is 13.0 Å². The standard InChI is InChI=1S/C12H15FN2/c1-10-9-11(5-6-12(10)13)15(2)8-4-3-7-14/h5-6,9H,3-4,8H2,1-2H3. The van der Waals surface area contributed by atoms with Crippen molar-refractivity contribution < 1.29 is 4.39 Å². The molecule has 1 aromatic rings. The Labute approximate surface area is 89.9 Å². The summed E-state index contributed by atoms with van der Waals surface area (Å²) < 4.78 is 13.0. The second kappa shape index (κ2) is 5.35. The van der Waals surface area contributed by atoms with Crippen LogP contribution in [0.3, 0.4) is 0 Å². The molecule has 0 aliphatic carbocycles. The number of halogens is 1. The van der Waals surface area contributed by atoms with Gasteiger partial charge in [-0.15, -0.1) is 0 Å². The molecule has 0 aliphatic heterocycles. The zero-order valence-corrected chi connectivity index (χ0v) is 9.13. The molecule has 0 amide bonds. The van der Waals surface area contributed by atoms with E-state index in [1.165, 1.54) is 6.07 Å². The summed E-state index contributed by atoms with van der Waals surface area (Å²) in [6.45, 7) is 2.57. The number of unbranched alkanes of at least 4 members (excludes halogenated alkanes) is 1. The lowest BCUT2D eigenvalue weighted by Crippen LogP contribution is -2.18. The monoisotopic (exact) mass is 206 g/mol. The molecule has 80 valence electrons. The average molecular weight is 206 g/mol. The Balaban J connectivity index is 2.62. The van der Waals surface area contributed by atoms with Crippen molar-refractivity contribution in [3.8, 4) is 6.07 Å². The fourth-order valence-corrected chi connectivity index (χ4v) is 1.39. The molecule has 0 saturated carbocycles. The van der Waals surface area contributed by atoms with Gasteiger partial charge in [0.2, 0.25) is 0 Å². The van der Waals surface area contributed by atoms with Gasteiger partial charge in [-0.1, -0.05) is 0 Å². The van der Waals surface area contributed by atoms with E-state index in [0.29, 0.717) is 12.0 Å². The molecule has 0 spiro atoms. The van der Waals surface area contributed by atoms with Gasteiger partial charge in [-0.2, -0.15) is 5.26 Å². The second-order valence-corrected chi connectivity index (χ2v) is 3.62. The second-order valence-electron chi connectivity index (χ2n) is 3.62. The van der Waals surface area contributed by atoms with E-state index in [4.69, 9.17) is 5.26 Å². The van der Waals surface area contributed by atoms with E-state index in [2.05, 4.69) is 6.07 Å². The molecule has 0 saturated heterocycles. The third kappa shape index (κ3) is 3.25. The minimum atomic E-state index is -0.177. The van der Waals surface area contributed by atoms with Crippen LogP contribution in [0.2, 0.25) is 0 Å². The highest BCUT2D eigenvalue weighted by Gasteiger charge is 2.03. The molecule has 1 aromatic carbocycles. The van der Waals surface area contributed by atoms with Crippen molar-refractivity contribution in [1.29, 1.82) is 5.26 Å². The van der Waals surface area contributed by atoms with Crippen LogP contribution in [-0.2, 0) is 0 Å². The van der Waals surface area contributed by atoms with Crippen molar-refractivity contribution in [1.82, 2.24) is 0 Å². The van der Waals surface area contributed by atoms with E-state index in [0.717, 1.165) is 18.7 Å². The summed E-state index contributed by atoms with van der Waals surface area (Å²) in [4.78, 5) is 2.03. The van der Waals surface area contributed by atoms with Crippen LogP contribution in [0.1, 0.15) is 18.4 Å². The van der Waals surface area contributed by atoms with Crippen molar-refractivity contribution >= 4 is 5.69 Å². The van der Waals surface area contributed by atoms with Gasteiger partial charge >= 0.3 is 0 Å². The Morgan fingerprint density at radius 1 is 1.47 bits per heavy atom. The number of aryl methyl sites for hydroxylation is 1. The van der Waals surface area contributed by atoms with Crippen LogP contribution in [0.5, 0.6) is 0 Å². The predicted molar refractivity (Wildman–Crippen MR) is 59.3 cm³/mol. The van der Waals surface area contributed by atoms with E-state index in [-0.39, 0.29) is 5.82 Å². The first-order valence-corrected chi connectivity index (χ1v) is 4.99. The maximum atomic E-state index is 13.0. The number of hydrogen-bond acceptors (Lipinski definition) is 2. The highest BCUT2D eigenvalue weighted by molar-refractivity contribution is 5.47. The first kappa shape index (κ1) is 11.5. The Morgan fingerprint density at radius 2 is 2.20 bits per heavy atom. The molecule has 0 unspecified atom stereocenters. The van der Waals surface area contributed by atoms with Crippen LogP contribution in [0.25, 0.3) is 0 Å². The number of nitriles is 1. The lowest BCUT2D eigenvalue weighted by molar-refractivity contribution is 0.618. The molecule has 2 nitrogen and oxygen atoms in total. The summed E-state index contributed by atoms with van der Waals surface area (Å²) in [5, 5.41) is 8.41. The molecule has 1 rings (SSSR count). The molecule has 0 aromatic heterocycles. The smallest absolute Gasteiger partial charge is 0.126 e. The first-order valence-electron chi connectivity index (χ1n) is 4.99. The van der Waals surface area contributed by atoms with Gasteiger partial charge in [0.25, 0.3) is 0 Å². The van der Waals surface area contributed by atoms with Gasteiger partial charge in [-0.25, -0.2) is 4.39 Å². The van der Waals surface area contributed by atoms with Crippen LogP contribution in [0.4, 0.5) is 10.1 Å². The molecule has 0 fully saturated rings. The molecule has 0 N–H and O–H groups in total. The lowest BCUT2D eigenvalue weighted by atomic mass is 10.2. The Morgan fingerprint density at radius 3 is 2.80 bits per heavy atom. The topological polar surface area (TPSA) is 27.0 Å². The minimum absolute atomic E-state index is 0.177. The number of rotatable bonds is 4. The van der Waals surface area contributed by atoms with Gasteiger partial charge in [0.1, 0.15) is 5.82 Å². The van der Waals surface area contributed by atoms with Gasteiger partial charge < -0.3 is 4.90 Å². The van der Waals surface area contributed by atoms with Crippen LogP contribution in [0.15, 0.2) is 18.2 Å². The van der Waals surface area contributed by atoms with E-state index < -0.39 is 0 Å². The van der Waals surface area contributed by atoms with E-state index in [9.17, 15) is 4.39 Å². The molecular formula is C12H15FN2. The van der Waals surface area contributed by atoms with Crippen molar-refractivity contribution in [2.24, 2.45) is 0 Å². The average Bonchev–Trinajstić information content (AvgIpc) is 2.22. The van der Waals surface area contributed by atoms with Crippen molar-refractivity contribution in [3.63, 3.8) is 0 Å². The Bertz CT molecular complexity index is 368. The normalized spacial score (nSPS) is 9.73. The first-order chi connectivity index (χ1) is 7.15. The zero-order chi connectivity index (χ0) is 11.3. The number of hydrogen-bond donors (Lipinski definition) is 0. The molecule has 0 aliphatic rings. The van der Waals surface area contributed by atoms with Gasteiger partial charge in [-0.3, -0.25) is 0 Å². The van der Waals surface area contributed by atoms with E-state index in [1.807, 2.05) is 18.0 Å². The van der Waals surface area contributed by atoms with Gasteiger partial charge in [0.05, 0.1) is 6.07 Å². The molecule has 0 heterocycles. The Kier molecular flexibility index (Phi) is 4.11. The highest BCUT2D eigenvalue weighted by Crippen LogP contribution is 2.17. The SMILES string of the molecule is Cc1cc(N(C)CCCC#N)ccc1F. The molecule has 3 heteroatoms. The maximum Gasteiger partial charge on any atom is 0.126 e. The van der Waals surface area contributed by atoms with Gasteiger partial charge in [0, 0.05) is 25.7 Å². The highest BCUT2D eigenvalue weighted by atomic mass is 19.1. The van der Waals surface area contributed by atoms with Crippen molar-refractivity contribution in [3.05, 3.63) is 29.6 Å². The summed E-state index contributed by atoms with van der Waals surface area (Å²) in [6.07, 6.45) is 1.40. The number of benzene rings is 1.